The molecule has 6 heteroatoms. The molecule has 1 unspecified atom stereocenters. The molecule has 0 radical (unpaired) electrons. The molecule has 0 heterocycles. The molecular formula is C15H21NO4S. The molecule has 1 rings (SSSR count). The van der Waals surface area contributed by atoms with Crippen LogP contribution < -0.4 is 9.46 Å². The minimum atomic E-state index is -3.66. The summed E-state index contributed by atoms with van der Waals surface area (Å²) in [6, 6.07) is 4.58. The van der Waals surface area contributed by atoms with E-state index in [1.807, 2.05) is 6.92 Å². The molecule has 0 aliphatic heterocycles. The average Bonchev–Trinajstić information content (AvgIpc) is 2.46. The van der Waals surface area contributed by atoms with Crippen LogP contribution in [-0.2, 0) is 10.0 Å². The number of benzene rings is 1. The Kier molecular flexibility index (Phi) is 6.69. The number of nitrogens with one attached hydrogen (secondary N) is 1. The normalized spacial score (nSPS) is 12.4. The third-order valence-electron chi connectivity index (χ3n) is 2.89. The maximum absolute atomic E-state index is 12.4. The summed E-state index contributed by atoms with van der Waals surface area (Å²) >= 11 is 0. The number of aliphatic hydroxyl groups is 1. The molecular weight excluding hydrogens is 290 g/mol. The van der Waals surface area contributed by atoms with Crippen LogP contribution in [0.15, 0.2) is 23.1 Å². The Hall–Kier alpha value is -1.55. The van der Waals surface area contributed by atoms with Gasteiger partial charge in [-0.25, -0.2) is 13.1 Å². The van der Waals surface area contributed by atoms with Crippen molar-refractivity contribution in [2.75, 3.05) is 13.7 Å². The predicted octanol–water partition coefficient (Wildman–Crippen LogP) is 1.51. The maximum atomic E-state index is 12.4. The van der Waals surface area contributed by atoms with E-state index in [0.29, 0.717) is 18.4 Å². The molecule has 0 amide bonds. The lowest BCUT2D eigenvalue weighted by Gasteiger charge is -2.14. The van der Waals surface area contributed by atoms with Gasteiger partial charge in [-0.3, -0.25) is 0 Å². The Morgan fingerprint density at radius 1 is 1.43 bits per heavy atom. The third-order valence-corrected chi connectivity index (χ3v) is 4.50. The van der Waals surface area contributed by atoms with Crippen LogP contribution in [0, 0.1) is 11.8 Å². The van der Waals surface area contributed by atoms with Gasteiger partial charge in [0.15, 0.2) is 0 Å². The summed E-state index contributed by atoms with van der Waals surface area (Å²) in [5.41, 5.74) is 0.564. The second-order valence-electron chi connectivity index (χ2n) is 4.57. The Labute approximate surface area is 126 Å². The summed E-state index contributed by atoms with van der Waals surface area (Å²) in [6.45, 7) is 3.68. The highest BCUT2D eigenvalue weighted by atomic mass is 32.2. The van der Waals surface area contributed by atoms with E-state index in [0.717, 1.165) is 0 Å². The van der Waals surface area contributed by atoms with Crippen molar-refractivity contribution in [1.29, 1.82) is 0 Å². The molecule has 21 heavy (non-hydrogen) atoms. The maximum Gasteiger partial charge on any atom is 0.244 e. The van der Waals surface area contributed by atoms with Crippen molar-refractivity contribution in [2.24, 2.45) is 0 Å². The molecule has 2 N–H and O–H groups in total. The molecule has 1 atom stereocenters. The highest BCUT2D eigenvalue weighted by molar-refractivity contribution is 7.89. The quantitative estimate of drug-likeness (QED) is 0.781. The van der Waals surface area contributed by atoms with E-state index >= 15 is 0 Å². The van der Waals surface area contributed by atoms with E-state index in [-0.39, 0.29) is 23.3 Å². The number of rotatable bonds is 6. The predicted molar refractivity (Wildman–Crippen MR) is 81.6 cm³/mol. The van der Waals surface area contributed by atoms with Crippen molar-refractivity contribution in [1.82, 2.24) is 4.72 Å². The van der Waals surface area contributed by atoms with Gasteiger partial charge in [0.2, 0.25) is 10.0 Å². The van der Waals surface area contributed by atoms with Gasteiger partial charge >= 0.3 is 0 Å². The molecule has 0 aliphatic rings. The molecule has 0 bridgehead atoms. The number of ether oxygens (including phenoxy) is 1. The first-order valence-electron chi connectivity index (χ1n) is 6.74. The minimum Gasteiger partial charge on any atom is -0.495 e. The Balaban J connectivity index is 3.20. The topological polar surface area (TPSA) is 75.6 Å². The van der Waals surface area contributed by atoms with Crippen molar-refractivity contribution < 1.29 is 18.3 Å². The van der Waals surface area contributed by atoms with Gasteiger partial charge in [0.1, 0.15) is 10.6 Å². The second-order valence-corrected chi connectivity index (χ2v) is 6.25. The summed E-state index contributed by atoms with van der Waals surface area (Å²) in [5.74, 6) is 5.86. The largest absolute Gasteiger partial charge is 0.495 e. The van der Waals surface area contributed by atoms with Crippen molar-refractivity contribution in [3.05, 3.63) is 23.8 Å². The SMILES string of the molecule is CCC(C)NS(=O)(=O)c1cc(C#CCCO)ccc1OC. The van der Waals surface area contributed by atoms with E-state index in [4.69, 9.17) is 9.84 Å². The van der Waals surface area contributed by atoms with E-state index in [2.05, 4.69) is 16.6 Å². The number of aliphatic hydroxyl groups excluding tert-OH is 1. The van der Waals surface area contributed by atoms with Gasteiger partial charge < -0.3 is 9.84 Å². The lowest BCUT2D eigenvalue weighted by atomic mass is 10.2. The molecule has 0 saturated carbocycles. The molecule has 0 fully saturated rings. The van der Waals surface area contributed by atoms with E-state index in [9.17, 15) is 8.42 Å². The second kappa shape index (κ2) is 8.03. The van der Waals surface area contributed by atoms with Crippen LogP contribution in [0.5, 0.6) is 5.75 Å². The van der Waals surface area contributed by atoms with Crippen molar-refractivity contribution in [3.63, 3.8) is 0 Å². The van der Waals surface area contributed by atoms with Crippen molar-refractivity contribution in [3.8, 4) is 17.6 Å². The van der Waals surface area contributed by atoms with Gasteiger partial charge in [-0.1, -0.05) is 18.8 Å². The molecule has 5 nitrogen and oxygen atoms in total. The fourth-order valence-corrected chi connectivity index (χ4v) is 3.12. The number of methoxy groups -OCH3 is 1. The summed E-state index contributed by atoms with van der Waals surface area (Å²) in [7, 11) is -2.23. The van der Waals surface area contributed by atoms with Crippen LogP contribution in [0.4, 0.5) is 0 Å². The van der Waals surface area contributed by atoms with Gasteiger partial charge in [0, 0.05) is 18.0 Å². The fraction of sp³-hybridized carbons (Fsp3) is 0.467. The van der Waals surface area contributed by atoms with Crippen LogP contribution >= 0.6 is 0 Å². The summed E-state index contributed by atoms with van der Waals surface area (Å²) in [6.07, 6.45) is 1.04. The highest BCUT2D eigenvalue weighted by Gasteiger charge is 2.21. The monoisotopic (exact) mass is 311 g/mol. The zero-order chi connectivity index (χ0) is 15.9. The molecule has 0 spiro atoms. The van der Waals surface area contributed by atoms with Crippen LogP contribution in [0.1, 0.15) is 32.3 Å². The van der Waals surface area contributed by atoms with Gasteiger partial charge in [-0.05, 0) is 31.5 Å². The van der Waals surface area contributed by atoms with Gasteiger partial charge in [-0.15, -0.1) is 0 Å². The molecule has 1 aromatic carbocycles. The summed E-state index contributed by atoms with van der Waals surface area (Å²) in [5, 5.41) is 8.71. The number of hydrogen-bond donors (Lipinski definition) is 2. The van der Waals surface area contributed by atoms with Gasteiger partial charge in [0.25, 0.3) is 0 Å². The van der Waals surface area contributed by atoms with Crippen LogP contribution in [-0.4, -0.2) is 33.3 Å². The third kappa shape index (κ3) is 5.05. The standard InChI is InChI=1S/C15H21NO4S/c1-4-12(2)16-21(18,19)15-11-13(7-5-6-10-17)8-9-14(15)20-3/h8-9,11-12,16-17H,4,6,10H2,1-3H3. The molecule has 1 aromatic rings. The number of sulfonamides is 1. The zero-order valence-corrected chi connectivity index (χ0v) is 13.3. The Morgan fingerprint density at radius 2 is 2.14 bits per heavy atom. The zero-order valence-electron chi connectivity index (χ0n) is 12.5. The van der Waals surface area contributed by atoms with Crippen molar-refractivity contribution in [2.45, 2.75) is 37.6 Å². The van der Waals surface area contributed by atoms with E-state index < -0.39 is 10.0 Å². The van der Waals surface area contributed by atoms with E-state index in [1.54, 1.807) is 19.1 Å². The molecule has 0 saturated heterocycles. The lowest BCUT2D eigenvalue weighted by molar-refractivity contribution is 0.305. The van der Waals surface area contributed by atoms with Crippen LogP contribution in [0.25, 0.3) is 0 Å². The fourth-order valence-electron chi connectivity index (χ4n) is 1.60. The average molecular weight is 311 g/mol. The molecule has 0 aliphatic carbocycles. The highest BCUT2D eigenvalue weighted by Crippen LogP contribution is 2.25. The lowest BCUT2D eigenvalue weighted by Crippen LogP contribution is -2.32. The first kappa shape index (κ1) is 17.5. The molecule has 0 aromatic heterocycles. The summed E-state index contributed by atoms with van der Waals surface area (Å²) < 4.78 is 32.5. The first-order valence-corrected chi connectivity index (χ1v) is 8.23. The van der Waals surface area contributed by atoms with Gasteiger partial charge in [-0.2, -0.15) is 0 Å². The molecule has 116 valence electrons. The van der Waals surface area contributed by atoms with Gasteiger partial charge in [0.05, 0.1) is 13.7 Å². The first-order chi connectivity index (χ1) is 9.94. The smallest absolute Gasteiger partial charge is 0.244 e. The Morgan fingerprint density at radius 3 is 2.71 bits per heavy atom. The minimum absolute atomic E-state index is 0.0239. The number of hydrogen-bond acceptors (Lipinski definition) is 4. The van der Waals surface area contributed by atoms with Crippen LogP contribution in [0.2, 0.25) is 0 Å². The van der Waals surface area contributed by atoms with Crippen molar-refractivity contribution >= 4 is 10.0 Å². The summed E-state index contributed by atoms with van der Waals surface area (Å²) in [4.78, 5) is 0.0705. The Bertz CT molecular complexity index is 629. The van der Waals surface area contributed by atoms with Crippen LogP contribution in [0.3, 0.4) is 0 Å². The van der Waals surface area contributed by atoms with E-state index in [1.165, 1.54) is 13.2 Å².